The van der Waals surface area contributed by atoms with Crippen LogP contribution in [-0.4, -0.2) is 29.5 Å². The van der Waals surface area contributed by atoms with Gasteiger partial charge in [0, 0.05) is 19.9 Å². The first-order valence-corrected chi connectivity index (χ1v) is 3.82. The molecule has 0 unspecified atom stereocenters. The maximum absolute atomic E-state index is 11.2. The zero-order chi connectivity index (χ0) is 9.30. The molecule has 0 aromatic rings. The molecule has 0 aromatic heterocycles. The van der Waals surface area contributed by atoms with Gasteiger partial charge in [0.1, 0.15) is 5.78 Å². The summed E-state index contributed by atoms with van der Waals surface area (Å²) in [6.07, 6.45) is 0.379. The van der Waals surface area contributed by atoms with Crippen LogP contribution in [-0.2, 0) is 14.4 Å². The van der Waals surface area contributed by atoms with Gasteiger partial charge < -0.3 is 4.79 Å². The summed E-state index contributed by atoms with van der Waals surface area (Å²) >= 11 is 0. The molecule has 0 saturated carbocycles. The number of carbonyl (C=O) groups excluding carboxylic acids is 3. The molecule has 1 heterocycles. The van der Waals surface area contributed by atoms with E-state index in [0.29, 0.717) is 0 Å². The van der Waals surface area contributed by atoms with Crippen molar-refractivity contribution in [3.63, 3.8) is 0 Å². The lowest BCUT2D eigenvalue weighted by Gasteiger charge is -2.05. The number of nitrogens with zero attached hydrogens (tertiary/aromatic N) is 1. The number of Topliss-reactive ketones (excluding diaryl/α,β-unsaturated/α-hetero) is 1. The van der Waals surface area contributed by atoms with Crippen LogP contribution in [0, 0.1) is 5.92 Å². The lowest BCUT2D eigenvalue weighted by atomic mass is 10.0. The minimum absolute atomic E-state index is 0.0450. The van der Waals surface area contributed by atoms with E-state index in [-0.39, 0.29) is 30.4 Å². The molecule has 1 rings (SSSR count). The second-order valence-electron chi connectivity index (χ2n) is 3.10. The van der Waals surface area contributed by atoms with Gasteiger partial charge in [-0.25, -0.2) is 0 Å². The van der Waals surface area contributed by atoms with Gasteiger partial charge in [-0.3, -0.25) is 14.5 Å². The highest BCUT2D eigenvalue weighted by Gasteiger charge is 2.36. The summed E-state index contributed by atoms with van der Waals surface area (Å²) in [5.41, 5.74) is 0. The van der Waals surface area contributed by atoms with E-state index in [2.05, 4.69) is 0 Å². The van der Waals surface area contributed by atoms with Gasteiger partial charge in [-0.1, -0.05) is 0 Å². The molecule has 4 heteroatoms. The van der Waals surface area contributed by atoms with Gasteiger partial charge in [-0.2, -0.15) is 0 Å². The molecule has 4 nitrogen and oxygen atoms in total. The number of imide groups is 1. The summed E-state index contributed by atoms with van der Waals surface area (Å²) in [5, 5.41) is 0. The van der Waals surface area contributed by atoms with Crippen molar-refractivity contribution in [2.45, 2.75) is 19.8 Å². The number of likely N-dealkylation sites (tertiary alicyclic amines) is 1. The first-order valence-electron chi connectivity index (χ1n) is 3.82. The Kier molecular flexibility index (Phi) is 2.26. The molecule has 1 aliphatic rings. The zero-order valence-corrected chi connectivity index (χ0v) is 7.16. The van der Waals surface area contributed by atoms with Crippen molar-refractivity contribution >= 4 is 17.6 Å². The molecule has 1 aliphatic heterocycles. The highest BCUT2D eigenvalue weighted by atomic mass is 16.2. The van der Waals surface area contributed by atoms with Crippen LogP contribution in [0.3, 0.4) is 0 Å². The van der Waals surface area contributed by atoms with Crippen LogP contribution in [0.15, 0.2) is 0 Å². The summed E-state index contributed by atoms with van der Waals surface area (Å²) in [7, 11) is 1.45. The minimum atomic E-state index is -0.403. The van der Waals surface area contributed by atoms with Crippen molar-refractivity contribution in [3.05, 3.63) is 0 Å². The molecule has 0 N–H and O–H groups in total. The largest absolute Gasteiger partial charge is 0.300 e. The summed E-state index contributed by atoms with van der Waals surface area (Å²) in [6.45, 7) is 1.43. The predicted octanol–water partition coefficient (Wildman–Crippen LogP) is -0.0296. The van der Waals surface area contributed by atoms with E-state index in [0.717, 1.165) is 4.90 Å². The van der Waals surface area contributed by atoms with Gasteiger partial charge in [-0.05, 0) is 6.92 Å². The van der Waals surface area contributed by atoms with Crippen LogP contribution >= 0.6 is 0 Å². The molecule has 0 aliphatic carbocycles. The minimum Gasteiger partial charge on any atom is -0.300 e. The standard InChI is InChI=1S/C8H11NO3/c1-5(10)3-6-4-7(11)9(2)8(6)12/h6H,3-4H2,1-2H3/t6-/m0/s1. The Balaban J connectivity index is 2.65. The van der Waals surface area contributed by atoms with Gasteiger partial charge in [0.05, 0.1) is 5.92 Å². The van der Waals surface area contributed by atoms with Crippen LogP contribution in [0.25, 0.3) is 0 Å². The van der Waals surface area contributed by atoms with Crippen molar-refractivity contribution in [1.29, 1.82) is 0 Å². The fraction of sp³-hybridized carbons (Fsp3) is 0.625. The summed E-state index contributed by atoms with van der Waals surface area (Å²) in [6, 6.07) is 0. The third-order valence-electron chi connectivity index (χ3n) is 2.01. The Bertz CT molecular complexity index is 245. The van der Waals surface area contributed by atoms with E-state index < -0.39 is 5.92 Å². The summed E-state index contributed by atoms with van der Waals surface area (Å²) in [5.74, 6) is -0.863. The number of carbonyl (C=O) groups is 3. The Morgan fingerprint density at radius 3 is 2.50 bits per heavy atom. The molecule has 0 radical (unpaired) electrons. The quantitative estimate of drug-likeness (QED) is 0.545. The number of hydrogen-bond acceptors (Lipinski definition) is 3. The second-order valence-corrected chi connectivity index (χ2v) is 3.10. The highest BCUT2D eigenvalue weighted by Crippen LogP contribution is 2.20. The molecule has 0 spiro atoms. The van der Waals surface area contributed by atoms with Gasteiger partial charge >= 0.3 is 0 Å². The maximum atomic E-state index is 11.2. The third-order valence-corrected chi connectivity index (χ3v) is 2.01. The highest BCUT2D eigenvalue weighted by molar-refractivity contribution is 6.04. The SMILES string of the molecule is CC(=O)C[C@H]1CC(=O)N(C)C1=O. The molecule has 0 bridgehead atoms. The van der Waals surface area contributed by atoms with E-state index >= 15 is 0 Å². The monoisotopic (exact) mass is 169 g/mol. The van der Waals surface area contributed by atoms with Gasteiger partial charge in [-0.15, -0.1) is 0 Å². The van der Waals surface area contributed by atoms with E-state index in [1.165, 1.54) is 14.0 Å². The van der Waals surface area contributed by atoms with Crippen molar-refractivity contribution in [2.24, 2.45) is 5.92 Å². The Morgan fingerprint density at radius 2 is 2.17 bits per heavy atom. The Hall–Kier alpha value is -1.19. The summed E-state index contributed by atoms with van der Waals surface area (Å²) < 4.78 is 0. The van der Waals surface area contributed by atoms with Crippen molar-refractivity contribution in [2.75, 3.05) is 7.05 Å². The molecular weight excluding hydrogens is 158 g/mol. The van der Waals surface area contributed by atoms with Crippen LogP contribution in [0.4, 0.5) is 0 Å². The van der Waals surface area contributed by atoms with E-state index in [9.17, 15) is 14.4 Å². The molecule has 66 valence electrons. The number of hydrogen-bond donors (Lipinski definition) is 0. The van der Waals surface area contributed by atoms with E-state index in [1.807, 2.05) is 0 Å². The van der Waals surface area contributed by atoms with Crippen molar-refractivity contribution < 1.29 is 14.4 Å². The first-order chi connectivity index (χ1) is 5.52. The number of amides is 2. The van der Waals surface area contributed by atoms with Crippen LogP contribution < -0.4 is 0 Å². The lowest BCUT2D eigenvalue weighted by Crippen LogP contribution is -2.26. The second kappa shape index (κ2) is 3.05. The van der Waals surface area contributed by atoms with Crippen molar-refractivity contribution in [1.82, 2.24) is 4.90 Å². The van der Waals surface area contributed by atoms with Gasteiger partial charge in [0.2, 0.25) is 11.8 Å². The fourth-order valence-corrected chi connectivity index (χ4v) is 1.34. The smallest absolute Gasteiger partial charge is 0.232 e. The maximum Gasteiger partial charge on any atom is 0.232 e. The van der Waals surface area contributed by atoms with Gasteiger partial charge in [0.25, 0.3) is 0 Å². The molecule has 1 atom stereocenters. The Morgan fingerprint density at radius 1 is 1.58 bits per heavy atom. The van der Waals surface area contributed by atoms with Gasteiger partial charge in [0.15, 0.2) is 0 Å². The molecule has 2 amide bonds. The fourth-order valence-electron chi connectivity index (χ4n) is 1.34. The van der Waals surface area contributed by atoms with Crippen LogP contribution in [0.2, 0.25) is 0 Å². The summed E-state index contributed by atoms with van der Waals surface area (Å²) in [4.78, 5) is 33.9. The number of ketones is 1. The lowest BCUT2D eigenvalue weighted by molar-refractivity contribution is -0.138. The van der Waals surface area contributed by atoms with Crippen molar-refractivity contribution in [3.8, 4) is 0 Å². The third kappa shape index (κ3) is 1.52. The van der Waals surface area contributed by atoms with E-state index in [1.54, 1.807) is 0 Å². The Labute approximate surface area is 70.5 Å². The zero-order valence-electron chi connectivity index (χ0n) is 7.16. The predicted molar refractivity (Wildman–Crippen MR) is 41.2 cm³/mol. The van der Waals surface area contributed by atoms with E-state index in [4.69, 9.17) is 0 Å². The first kappa shape index (κ1) is 8.90. The molecule has 12 heavy (non-hydrogen) atoms. The number of rotatable bonds is 2. The average Bonchev–Trinajstić information content (AvgIpc) is 2.17. The molecule has 1 fully saturated rings. The van der Waals surface area contributed by atoms with Crippen LogP contribution in [0.5, 0.6) is 0 Å². The van der Waals surface area contributed by atoms with Crippen LogP contribution in [0.1, 0.15) is 19.8 Å². The molecule has 1 saturated heterocycles. The normalized spacial score (nSPS) is 23.5. The molecule has 0 aromatic carbocycles. The average molecular weight is 169 g/mol. The molecular formula is C8H11NO3. The topological polar surface area (TPSA) is 54.5 Å².